The Labute approximate surface area is 159 Å². The van der Waals surface area contributed by atoms with Crippen LogP contribution in [0.15, 0.2) is 11.6 Å². The molecular formula is C20H30O7. The summed E-state index contributed by atoms with van der Waals surface area (Å²) in [5, 5.41) is 21.1. The number of carbonyl (C=O) groups is 3. The second kappa shape index (κ2) is 8.10. The van der Waals surface area contributed by atoms with E-state index in [9.17, 15) is 24.6 Å². The number of Topliss-reactive ketones (excluding diaryl/α,β-unsaturated/α-hetero) is 1. The SMILES string of the molecule is CC=C(C)C(=O)OC1C2OC(=O)C(C)C2CCC(C)C1(O)C(=O)CC(C)O. The Morgan fingerprint density at radius 3 is 2.56 bits per heavy atom. The topological polar surface area (TPSA) is 110 Å². The first-order valence-electron chi connectivity index (χ1n) is 9.52. The van der Waals surface area contributed by atoms with Gasteiger partial charge in [-0.05, 0) is 39.5 Å². The monoisotopic (exact) mass is 382 g/mol. The van der Waals surface area contributed by atoms with Gasteiger partial charge in [-0.1, -0.05) is 19.9 Å². The molecule has 1 heterocycles. The molecule has 7 nitrogen and oxygen atoms in total. The van der Waals surface area contributed by atoms with Crippen LogP contribution in [-0.2, 0) is 23.9 Å². The highest BCUT2D eigenvalue weighted by Gasteiger charge is 2.61. The number of fused-ring (bicyclic) bond motifs is 1. The molecule has 0 spiro atoms. The lowest BCUT2D eigenvalue weighted by Crippen LogP contribution is -2.60. The van der Waals surface area contributed by atoms with E-state index in [0.29, 0.717) is 18.4 Å². The summed E-state index contributed by atoms with van der Waals surface area (Å²) in [6.45, 7) is 8.16. The molecule has 0 aromatic carbocycles. The third-order valence-electron chi connectivity index (χ3n) is 6.02. The van der Waals surface area contributed by atoms with Crippen molar-refractivity contribution in [3.8, 4) is 0 Å². The minimum atomic E-state index is -2.04. The number of carbonyl (C=O) groups excluding carboxylic acids is 3. The van der Waals surface area contributed by atoms with E-state index in [1.165, 1.54) is 6.92 Å². The first kappa shape index (κ1) is 21.6. The standard InChI is InChI=1S/C20H30O7/c1-6-10(2)18(23)27-17-16-14(13(5)19(24)26-16)8-7-11(3)20(17,25)15(22)9-12(4)21/h6,11-14,16-17,21,25H,7-9H2,1-5H3. The molecule has 152 valence electrons. The summed E-state index contributed by atoms with van der Waals surface area (Å²) in [5.41, 5.74) is -1.71. The van der Waals surface area contributed by atoms with E-state index in [1.54, 1.807) is 33.8 Å². The zero-order valence-electron chi connectivity index (χ0n) is 16.6. The largest absolute Gasteiger partial charge is 0.458 e. The number of allylic oxidation sites excluding steroid dienone is 1. The number of ether oxygens (including phenoxy) is 2. The quantitative estimate of drug-likeness (QED) is 0.548. The van der Waals surface area contributed by atoms with Gasteiger partial charge in [0.25, 0.3) is 0 Å². The van der Waals surface area contributed by atoms with Crippen LogP contribution in [0.2, 0.25) is 0 Å². The van der Waals surface area contributed by atoms with Gasteiger partial charge in [0.1, 0.15) is 6.10 Å². The smallest absolute Gasteiger partial charge is 0.333 e. The van der Waals surface area contributed by atoms with Crippen molar-refractivity contribution in [1.29, 1.82) is 0 Å². The number of esters is 2. The van der Waals surface area contributed by atoms with E-state index >= 15 is 0 Å². The van der Waals surface area contributed by atoms with Crippen molar-refractivity contribution in [2.75, 3.05) is 0 Å². The van der Waals surface area contributed by atoms with Gasteiger partial charge in [0.15, 0.2) is 17.5 Å². The molecular weight excluding hydrogens is 352 g/mol. The summed E-state index contributed by atoms with van der Waals surface area (Å²) in [5.74, 6) is -2.89. The van der Waals surface area contributed by atoms with Gasteiger partial charge in [0, 0.05) is 17.9 Å². The number of rotatable bonds is 5. The van der Waals surface area contributed by atoms with E-state index in [4.69, 9.17) is 9.47 Å². The summed E-state index contributed by atoms with van der Waals surface area (Å²) in [4.78, 5) is 37.5. The molecule has 0 amide bonds. The number of hydrogen-bond donors (Lipinski definition) is 2. The van der Waals surface area contributed by atoms with Gasteiger partial charge in [0.05, 0.1) is 12.0 Å². The minimum Gasteiger partial charge on any atom is -0.458 e. The Morgan fingerprint density at radius 2 is 2.00 bits per heavy atom. The summed E-state index contributed by atoms with van der Waals surface area (Å²) in [7, 11) is 0. The average Bonchev–Trinajstić information content (AvgIpc) is 2.83. The van der Waals surface area contributed by atoms with Crippen LogP contribution in [0.25, 0.3) is 0 Å². The predicted molar refractivity (Wildman–Crippen MR) is 96.5 cm³/mol. The fraction of sp³-hybridized carbons (Fsp3) is 0.750. The lowest BCUT2D eigenvalue weighted by molar-refractivity contribution is -0.195. The number of aliphatic hydroxyl groups excluding tert-OH is 1. The second-order valence-electron chi connectivity index (χ2n) is 7.93. The Kier molecular flexibility index (Phi) is 6.47. The number of ketones is 1. The molecule has 7 heteroatoms. The van der Waals surface area contributed by atoms with Crippen molar-refractivity contribution in [2.45, 2.75) is 77.8 Å². The molecule has 2 rings (SSSR count). The highest BCUT2D eigenvalue weighted by atomic mass is 16.6. The van der Waals surface area contributed by atoms with Crippen LogP contribution in [-0.4, -0.2) is 51.8 Å². The zero-order valence-corrected chi connectivity index (χ0v) is 16.6. The van der Waals surface area contributed by atoms with Crippen LogP contribution in [0.1, 0.15) is 53.9 Å². The minimum absolute atomic E-state index is 0.253. The normalized spacial score (nSPS) is 37.8. The van der Waals surface area contributed by atoms with Gasteiger partial charge >= 0.3 is 11.9 Å². The van der Waals surface area contributed by atoms with Gasteiger partial charge in [0.2, 0.25) is 0 Å². The molecule has 0 aromatic heterocycles. The molecule has 27 heavy (non-hydrogen) atoms. The Bertz CT molecular complexity index is 638. The molecule has 7 unspecified atom stereocenters. The van der Waals surface area contributed by atoms with E-state index in [1.807, 2.05) is 0 Å². The Hall–Kier alpha value is -1.73. The molecule has 2 N–H and O–H groups in total. The number of aliphatic hydroxyl groups is 2. The van der Waals surface area contributed by atoms with Crippen LogP contribution in [0.3, 0.4) is 0 Å². The maximum atomic E-state index is 12.9. The van der Waals surface area contributed by atoms with Crippen molar-refractivity contribution in [3.05, 3.63) is 11.6 Å². The van der Waals surface area contributed by atoms with Crippen molar-refractivity contribution in [2.24, 2.45) is 17.8 Å². The molecule has 0 bridgehead atoms. The number of hydrogen-bond acceptors (Lipinski definition) is 7. The van der Waals surface area contributed by atoms with Gasteiger partial charge < -0.3 is 19.7 Å². The lowest BCUT2D eigenvalue weighted by Gasteiger charge is -2.39. The third-order valence-corrected chi connectivity index (χ3v) is 6.02. The van der Waals surface area contributed by atoms with Gasteiger partial charge in [-0.25, -0.2) is 4.79 Å². The second-order valence-corrected chi connectivity index (χ2v) is 7.93. The summed E-state index contributed by atoms with van der Waals surface area (Å²) >= 11 is 0. The van der Waals surface area contributed by atoms with Crippen LogP contribution in [0, 0.1) is 17.8 Å². The summed E-state index contributed by atoms with van der Waals surface area (Å²) in [6, 6.07) is 0. The van der Waals surface area contributed by atoms with E-state index in [0.717, 1.165) is 0 Å². The summed E-state index contributed by atoms with van der Waals surface area (Å²) in [6.07, 6.45) is -0.832. The van der Waals surface area contributed by atoms with Crippen LogP contribution >= 0.6 is 0 Å². The molecule has 1 saturated heterocycles. The molecule has 1 aliphatic carbocycles. The van der Waals surface area contributed by atoms with Crippen LogP contribution < -0.4 is 0 Å². The van der Waals surface area contributed by atoms with Gasteiger partial charge in [-0.2, -0.15) is 0 Å². The Morgan fingerprint density at radius 1 is 1.37 bits per heavy atom. The van der Waals surface area contributed by atoms with Crippen molar-refractivity contribution in [1.82, 2.24) is 0 Å². The van der Waals surface area contributed by atoms with Crippen LogP contribution in [0.5, 0.6) is 0 Å². The highest BCUT2D eigenvalue weighted by Crippen LogP contribution is 2.45. The molecule has 1 aliphatic heterocycles. The Balaban J connectivity index is 2.50. The van der Waals surface area contributed by atoms with Gasteiger partial charge in [-0.3, -0.25) is 9.59 Å². The molecule has 7 atom stereocenters. The highest BCUT2D eigenvalue weighted by molar-refractivity contribution is 5.91. The fourth-order valence-electron chi connectivity index (χ4n) is 4.03. The van der Waals surface area contributed by atoms with E-state index < -0.39 is 53.5 Å². The van der Waals surface area contributed by atoms with Crippen molar-refractivity contribution in [3.63, 3.8) is 0 Å². The maximum absolute atomic E-state index is 12.9. The maximum Gasteiger partial charge on any atom is 0.333 e. The van der Waals surface area contributed by atoms with Crippen molar-refractivity contribution < 1.29 is 34.1 Å². The molecule has 0 radical (unpaired) electrons. The molecule has 2 aliphatic rings. The molecule has 2 fully saturated rings. The van der Waals surface area contributed by atoms with Gasteiger partial charge in [-0.15, -0.1) is 0 Å². The molecule has 1 saturated carbocycles. The lowest BCUT2D eigenvalue weighted by atomic mass is 9.76. The van der Waals surface area contributed by atoms with Crippen molar-refractivity contribution >= 4 is 17.7 Å². The fourth-order valence-corrected chi connectivity index (χ4v) is 4.03. The first-order valence-corrected chi connectivity index (χ1v) is 9.52. The van der Waals surface area contributed by atoms with Crippen LogP contribution in [0.4, 0.5) is 0 Å². The zero-order chi connectivity index (χ0) is 20.5. The third kappa shape index (κ3) is 3.94. The first-order chi connectivity index (χ1) is 12.5. The van der Waals surface area contributed by atoms with E-state index in [-0.39, 0.29) is 12.3 Å². The molecule has 0 aromatic rings. The summed E-state index contributed by atoms with van der Waals surface area (Å²) < 4.78 is 11.1. The predicted octanol–water partition coefficient (Wildman–Crippen LogP) is 1.54. The van der Waals surface area contributed by atoms with E-state index in [2.05, 4.69) is 0 Å². The average molecular weight is 382 g/mol.